The predicted octanol–water partition coefficient (Wildman–Crippen LogP) is 2.90. The van der Waals surface area contributed by atoms with E-state index in [4.69, 9.17) is 9.72 Å². The minimum absolute atomic E-state index is 0.0238. The number of pyridine rings is 1. The highest BCUT2D eigenvalue weighted by molar-refractivity contribution is 5.88. The Morgan fingerprint density at radius 2 is 2.10 bits per heavy atom. The molecule has 4 rings (SSSR count). The summed E-state index contributed by atoms with van der Waals surface area (Å²) in [6, 6.07) is 3.96. The molecule has 0 bridgehead atoms. The van der Waals surface area contributed by atoms with Gasteiger partial charge in [-0.2, -0.15) is 4.98 Å². The Balaban J connectivity index is 1.71. The van der Waals surface area contributed by atoms with Gasteiger partial charge in [0.1, 0.15) is 17.4 Å². The second-order valence-corrected chi connectivity index (χ2v) is 8.50. The number of hydrogen-bond acceptors (Lipinski definition) is 7. The van der Waals surface area contributed by atoms with Crippen molar-refractivity contribution in [3.05, 3.63) is 24.7 Å². The molecule has 4 heterocycles. The number of piperazine rings is 1. The molecular formula is C20H27N7O2. The minimum Gasteiger partial charge on any atom is -0.444 e. The molecule has 1 amide bonds. The van der Waals surface area contributed by atoms with Crippen LogP contribution < -0.4 is 4.90 Å². The second kappa shape index (κ2) is 7.13. The van der Waals surface area contributed by atoms with Crippen LogP contribution in [0.3, 0.4) is 0 Å². The van der Waals surface area contributed by atoms with Gasteiger partial charge in [0.2, 0.25) is 0 Å². The van der Waals surface area contributed by atoms with Crippen molar-refractivity contribution in [2.75, 3.05) is 18.0 Å². The molecule has 1 saturated heterocycles. The number of ether oxygens (including phenoxy) is 1. The molecule has 9 heteroatoms. The fraction of sp³-hybridized carbons (Fsp3) is 0.550. The fourth-order valence-electron chi connectivity index (χ4n) is 3.81. The number of nitrogens with zero attached hydrogens (tertiary/aromatic N) is 7. The number of carbonyl (C=O) groups is 1. The number of fused-ring (bicyclic) bond motifs is 3. The molecule has 0 unspecified atom stereocenters. The highest BCUT2D eigenvalue weighted by Gasteiger charge is 2.37. The zero-order valence-electron chi connectivity index (χ0n) is 17.5. The van der Waals surface area contributed by atoms with E-state index in [1.165, 1.54) is 0 Å². The quantitative estimate of drug-likeness (QED) is 0.657. The van der Waals surface area contributed by atoms with Gasteiger partial charge in [-0.25, -0.2) is 4.79 Å². The largest absolute Gasteiger partial charge is 0.444 e. The molecular weight excluding hydrogens is 370 g/mol. The van der Waals surface area contributed by atoms with E-state index in [0.29, 0.717) is 18.9 Å². The van der Waals surface area contributed by atoms with Gasteiger partial charge in [-0.3, -0.25) is 9.38 Å². The molecule has 1 fully saturated rings. The highest BCUT2D eigenvalue weighted by atomic mass is 16.6. The molecule has 0 aliphatic carbocycles. The zero-order chi connectivity index (χ0) is 20.8. The molecule has 2 atom stereocenters. The van der Waals surface area contributed by atoms with Gasteiger partial charge in [0, 0.05) is 25.3 Å². The van der Waals surface area contributed by atoms with Crippen molar-refractivity contribution in [2.24, 2.45) is 0 Å². The summed E-state index contributed by atoms with van der Waals surface area (Å²) in [5.74, 6) is 1.31. The first kappa shape index (κ1) is 19.4. The molecule has 1 aliphatic rings. The monoisotopic (exact) mass is 397 g/mol. The Kier molecular flexibility index (Phi) is 4.76. The molecule has 29 heavy (non-hydrogen) atoms. The Labute approximate surface area is 169 Å². The third-order valence-corrected chi connectivity index (χ3v) is 5.21. The molecule has 0 saturated carbocycles. The van der Waals surface area contributed by atoms with E-state index in [1.807, 2.05) is 42.2 Å². The number of rotatable bonds is 2. The van der Waals surface area contributed by atoms with Crippen LogP contribution in [0.25, 0.3) is 16.8 Å². The lowest BCUT2D eigenvalue weighted by Gasteiger charge is -2.45. The third-order valence-electron chi connectivity index (χ3n) is 5.21. The summed E-state index contributed by atoms with van der Waals surface area (Å²) < 4.78 is 7.47. The van der Waals surface area contributed by atoms with Crippen LogP contribution in [-0.2, 0) is 4.74 Å². The summed E-state index contributed by atoms with van der Waals surface area (Å²) in [5, 5.41) is 8.13. The number of anilines is 1. The topological polar surface area (TPSA) is 88.8 Å². The van der Waals surface area contributed by atoms with Crippen molar-refractivity contribution in [1.82, 2.24) is 29.5 Å². The normalized spacial score (nSPS) is 20.4. The van der Waals surface area contributed by atoms with Crippen molar-refractivity contribution in [3.63, 3.8) is 0 Å². The smallest absolute Gasteiger partial charge is 0.410 e. The predicted molar refractivity (Wildman–Crippen MR) is 110 cm³/mol. The lowest BCUT2D eigenvalue weighted by molar-refractivity contribution is 0.0106. The van der Waals surface area contributed by atoms with E-state index in [0.717, 1.165) is 23.3 Å². The average molecular weight is 397 g/mol. The van der Waals surface area contributed by atoms with Crippen LogP contribution in [0.1, 0.15) is 41.0 Å². The number of amides is 1. The second-order valence-electron chi connectivity index (χ2n) is 8.50. The van der Waals surface area contributed by atoms with Gasteiger partial charge >= 0.3 is 6.09 Å². The molecule has 0 aromatic carbocycles. The van der Waals surface area contributed by atoms with Crippen LogP contribution in [0.4, 0.5) is 10.6 Å². The van der Waals surface area contributed by atoms with E-state index < -0.39 is 5.60 Å². The first-order valence-electron chi connectivity index (χ1n) is 9.99. The van der Waals surface area contributed by atoms with Crippen LogP contribution in [0.5, 0.6) is 0 Å². The maximum atomic E-state index is 12.8. The molecule has 154 valence electrons. The minimum atomic E-state index is -0.518. The summed E-state index contributed by atoms with van der Waals surface area (Å²) in [7, 11) is 0. The lowest BCUT2D eigenvalue weighted by atomic mass is 10.1. The maximum Gasteiger partial charge on any atom is 0.410 e. The van der Waals surface area contributed by atoms with E-state index in [9.17, 15) is 4.79 Å². The first-order valence-corrected chi connectivity index (χ1v) is 9.99. The van der Waals surface area contributed by atoms with Crippen molar-refractivity contribution in [3.8, 4) is 0 Å². The van der Waals surface area contributed by atoms with Gasteiger partial charge in [-0.15, -0.1) is 10.2 Å². The van der Waals surface area contributed by atoms with Crippen molar-refractivity contribution < 1.29 is 9.53 Å². The fourth-order valence-corrected chi connectivity index (χ4v) is 3.81. The van der Waals surface area contributed by atoms with Gasteiger partial charge < -0.3 is 14.5 Å². The SMILES string of the molecule is CC[C@@H]1CN(c2nc3nncn3c3cccnc23)[C@@H](C)CN1C(=O)OC(C)(C)C. The van der Waals surface area contributed by atoms with Crippen LogP contribution in [0.15, 0.2) is 24.7 Å². The van der Waals surface area contributed by atoms with Gasteiger partial charge in [0.05, 0.1) is 11.6 Å². The maximum absolute atomic E-state index is 12.8. The molecule has 0 radical (unpaired) electrons. The summed E-state index contributed by atoms with van der Waals surface area (Å²) in [6.07, 6.45) is 3.97. The van der Waals surface area contributed by atoms with Gasteiger partial charge in [0.15, 0.2) is 5.82 Å². The molecule has 1 aliphatic heterocycles. The van der Waals surface area contributed by atoms with E-state index in [-0.39, 0.29) is 18.2 Å². The van der Waals surface area contributed by atoms with Crippen molar-refractivity contribution in [2.45, 2.75) is 58.7 Å². The van der Waals surface area contributed by atoms with Gasteiger partial charge in [-0.05, 0) is 46.2 Å². The Morgan fingerprint density at radius 3 is 2.83 bits per heavy atom. The summed E-state index contributed by atoms with van der Waals surface area (Å²) in [4.78, 5) is 26.2. The summed E-state index contributed by atoms with van der Waals surface area (Å²) in [5.41, 5.74) is 1.19. The number of aromatic nitrogens is 5. The highest BCUT2D eigenvalue weighted by Crippen LogP contribution is 2.29. The van der Waals surface area contributed by atoms with Crippen LogP contribution >= 0.6 is 0 Å². The molecule has 3 aromatic heterocycles. The molecule has 0 spiro atoms. The number of carbonyl (C=O) groups excluding carboxylic acids is 1. The van der Waals surface area contributed by atoms with Crippen molar-refractivity contribution in [1.29, 1.82) is 0 Å². The van der Waals surface area contributed by atoms with E-state index in [1.54, 1.807) is 12.5 Å². The third kappa shape index (κ3) is 3.56. The lowest BCUT2D eigenvalue weighted by Crippen LogP contribution is -2.60. The summed E-state index contributed by atoms with van der Waals surface area (Å²) >= 11 is 0. The zero-order valence-corrected chi connectivity index (χ0v) is 17.5. The van der Waals surface area contributed by atoms with Gasteiger partial charge in [0.25, 0.3) is 5.78 Å². The van der Waals surface area contributed by atoms with E-state index in [2.05, 4.69) is 33.9 Å². The molecule has 3 aromatic rings. The Morgan fingerprint density at radius 1 is 1.31 bits per heavy atom. The first-order chi connectivity index (χ1) is 13.8. The summed E-state index contributed by atoms with van der Waals surface area (Å²) in [6.45, 7) is 11.1. The standard InChI is InChI=1S/C20H27N7O2/c1-6-14-11-25(13(2)10-26(14)19(28)29-20(3,4)5)17-16-15(8-7-9-21-16)27-12-22-24-18(27)23-17/h7-9,12-14H,6,10-11H2,1-5H3/t13-,14+/m0/s1. The Hall–Kier alpha value is -2.97. The molecule has 0 N–H and O–H groups in total. The van der Waals surface area contributed by atoms with Crippen LogP contribution in [0.2, 0.25) is 0 Å². The van der Waals surface area contributed by atoms with Crippen LogP contribution in [0, 0.1) is 0 Å². The average Bonchev–Trinajstić information content (AvgIpc) is 3.15. The Bertz CT molecular complexity index is 1040. The van der Waals surface area contributed by atoms with E-state index >= 15 is 0 Å². The van der Waals surface area contributed by atoms with Gasteiger partial charge in [-0.1, -0.05) is 6.92 Å². The van der Waals surface area contributed by atoms with Crippen molar-refractivity contribution >= 4 is 28.7 Å². The number of hydrogen-bond donors (Lipinski definition) is 0. The molecule has 9 nitrogen and oxygen atoms in total. The van der Waals surface area contributed by atoms with Crippen LogP contribution in [-0.4, -0.2) is 66.3 Å².